The van der Waals surface area contributed by atoms with Crippen molar-refractivity contribution in [2.24, 2.45) is 0 Å². The molecule has 1 aliphatic rings. The summed E-state index contributed by atoms with van der Waals surface area (Å²) in [4.78, 5) is 41.1. The van der Waals surface area contributed by atoms with Crippen LogP contribution in [0.3, 0.4) is 0 Å². The number of benzene rings is 3. The number of nitrogens with one attached hydrogen (secondary N) is 3. The number of rotatable bonds is 9. The number of amides is 2. The number of nitrogens with zero attached hydrogens (tertiary/aromatic N) is 5. The quantitative estimate of drug-likeness (QED) is 0.167. The molecule has 0 saturated carbocycles. The summed E-state index contributed by atoms with van der Waals surface area (Å²) in [5, 5.41) is 9.16. The first kappa shape index (κ1) is 33.9. The van der Waals surface area contributed by atoms with Crippen molar-refractivity contribution in [1.82, 2.24) is 19.8 Å². The molecule has 3 aromatic carbocycles. The number of carbonyl (C=O) groups is 2. The van der Waals surface area contributed by atoms with E-state index in [4.69, 9.17) is 0 Å². The van der Waals surface area contributed by atoms with E-state index < -0.39 is 0 Å². The smallest absolute Gasteiger partial charge is 0.255 e. The Morgan fingerprint density at radius 3 is 2.33 bits per heavy atom. The van der Waals surface area contributed by atoms with Crippen LogP contribution in [0.15, 0.2) is 85.2 Å². The highest BCUT2D eigenvalue weighted by Crippen LogP contribution is 2.28. The summed E-state index contributed by atoms with van der Waals surface area (Å²) in [6, 6.07) is 19.2. The van der Waals surface area contributed by atoms with Crippen LogP contribution in [-0.4, -0.2) is 85.4 Å². The van der Waals surface area contributed by atoms with Gasteiger partial charge in [-0.15, -0.1) is 0 Å². The van der Waals surface area contributed by atoms with Crippen molar-refractivity contribution in [2.45, 2.75) is 13.8 Å². The molecule has 10 nitrogen and oxygen atoms in total. The first-order valence-corrected chi connectivity index (χ1v) is 15.9. The number of likely N-dealkylation sites (N-methyl/N-ethyl adjacent to an activating group) is 2. The second-order valence-corrected chi connectivity index (χ2v) is 12.1. The first-order valence-electron chi connectivity index (χ1n) is 15.9. The standard InChI is InChI=1S/C38H42N8O2/c1-27-11-13-31(37(48)41-32-15-17-33(18-16-32)46-22-20-45(5)21-23-46)24-30(27)14-12-29-25-39-38(40-26-29)43-36-28(2)8-6-9-34(36)42-35(47)10-7-19-44(3)4/h6-11,13,15-18,24-26H,19-23H2,1-5H3,(H,41,48)(H,42,47)(H,39,40,43). The molecule has 48 heavy (non-hydrogen) atoms. The fourth-order valence-corrected chi connectivity index (χ4v) is 5.11. The molecule has 10 heteroatoms. The number of para-hydroxylation sites is 1. The van der Waals surface area contributed by atoms with Gasteiger partial charge in [-0.05, 0) is 88.6 Å². The highest BCUT2D eigenvalue weighted by atomic mass is 16.2. The zero-order chi connectivity index (χ0) is 34.0. The molecule has 4 aromatic rings. The number of carbonyl (C=O) groups excluding carboxylic acids is 2. The van der Waals surface area contributed by atoms with Crippen LogP contribution in [0.5, 0.6) is 0 Å². The molecule has 0 spiro atoms. The number of piperazine rings is 1. The molecule has 0 bridgehead atoms. The van der Waals surface area contributed by atoms with E-state index in [2.05, 4.69) is 66.7 Å². The lowest BCUT2D eigenvalue weighted by molar-refractivity contribution is -0.111. The Balaban J connectivity index is 1.22. The van der Waals surface area contributed by atoms with Crippen LogP contribution in [0.2, 0.25) is 0 Å². The fraction of sp³-hybridized carbons (Fsp3) is 0.263. The average Bonchev–Trinajstić information content (AvgIpc) is 3.07. The van der Waals surface area contributed by atoms with E-state index in [0.717, 1.165) is 54.2 Å². The highest BCUT2D eigenvalue weighted by molar-refractivity contribution is 6.04. The Morgan fingerprint density at radius 2 is 1.62 bits per heavy atom. The Labute approximate surface area is 282 Å². The van der Waals surface area contributed by atoms with Gasteiger partial charge >= 0.3 is 0 Å². The largest absolute Gasteiger partial charge is 0.369 e. The second kappa shape index (κ2) is 15.9. The van der Waals surface area contributed by atoms with Crippen LogP contribution in [-0.2, 0) is 4.79 Å². The molecule has 1 fully saturated rings. The molecule has 246 valence electrons. The third kappa shape index (κ3) is 9.28. The monoisotopic (exact) mass is 642 g/mol. The molecule has 0 unspecified atom stereocenters. The van der Waals surface area contributed by atoms with Crippen molar-refractivity contribution in [3.05, 3.63) is 113 Å². The van der Waals surface area contributed by atoms with Crippen molar-refractivity contribution < 1.29 is 9.59 Å². The number of aryl methyl sites for hydroxylation is 2. The molecule has 1 aromatic heterocycles. The van der Waals surface area contributed by atoms with Gasteiger partial charge in [0.1, 0.15) is 0 Å². The Bertz CT molecular complexity index is 1830. The summed E-state index contributed by atoms with van der Waals surface area (Å²) in [7, 11) is 6.03. The molecule has 0 radical (unpaired) electrons. The minimum absolute atomic E-state index is 0.194. The van der Waals surface area contributed by atoms with Gasteiger partial charge in [-0.25, -0.2) is 9.97 Å². The number of hydrogen-bond donors (Lipinski definition) is 3. The average molecular weight is 643 g/mol. The molecule has 0 atom stereocenters. The van der Waals surface area contributed by atoms with Gasteiger partial charge in [-0.3, -0.25) is 9.59 Å². The number of aromatic nitrogens is 2. The minimum atomic E-state index is -0.218. The Kier molecular flexibility index (Phi) is 11.2. The van der Waals surface area contributed by atoms with E-state index in [1.165, 1.54) is 6.08 Å². The van der Waals surface area contributed by atoms with Gasteiger partial charge in [0.05, 0.1) is 16.9 Å². The maximum absolute atomic E-state index is 13.1. The lowest BCUT2D eigenvalue weighted by atomic mass is 10.0. The van der Waals surface area contributed by atoms with Crippen molar-refractivity contribution >= 4 is 40.5 Å². The molecule has 1 saturated heterocycles. The molecule has 5 rings (SSSR count). The zero-order valence-electron chi connectivity index (χ0n) is 28.2. The maximum Gasteiger partial charge on any atom is 0.255 e. The molecule has 2 amide bonds. The van der Waals surface area contributed by atoms with E-state index in [1.54, 1.807) is 24.5 Å². The number of anilines is 5. The van der Waals surface area contributed by atoms with Crippen molar-refractivity contribution in [2.75, 3.05) is 74.7 Å². The normalized spacial score (nSPS) is 13.2. The minimum Gasteiger partial charge on any atom is -0.369 e. The van der Waals surface area contributed by atoms with Crippen LogP contribution in [0.1, 0.15) is 32.6 Å². The SMILES string of the molecule is Cc1ccc(C(=O)Nc2ccc(N3CCN(C)CC3)cc2)cc1C#Cc1cnc(Nc2c(C)cccc2NC(=O)C=CCN(C)C)nc1. The Morgan fingerprint density at radius 1 is 0.896 bits per heavy atom. The summed E-state index contributed by atoms with van der Waals surface area (Å²) >= 11 is 0. The van der Waals surface area contributed by atoms with Crippen LogP contribution in [0, 0.1) is 25.7 Å². The number of hydrogen-bond acceptors (Lipinski definition) is 8. The summed E-state index contributed by atoms with van der Waals surface area (Å²) in [5.41, 5.74) is 7.03. The summed E-state index contributed by atoms with van der Waals surface area (Å²) < 4.78 is 0. The fourth-order valence-electron chi connectivity index (χ4n) is 5.11. The highest BCUT2D eigenvalue weighted by Gasteiger charge is 2.15. The molecule has 2 heterocycles. The molecule has 0 aliphatic carbocycles. The molecule has 3 N–H and O–H groups in total. The van der Waals surface area contributed by atoms with Gasteiger partial charge in [0.15, 0.2) is 0 Å². The predicted molar refractivity (Wildman–Crippen MR) is 194 cm³/mol. The summed E-state index contributed by atoms with van der Waals surface area (Å²) in [6.07, 6.45) is 6.61. The topological polar surface area (TPSA) is 106 Å². The van der Waals surface area contributed by atoms with Gasteiger partial charge in [0.2, 0.25) is 11.9 Å². The first-order chi connectivity index (χ1) is 23.1. The van der Waals surface area contributed by atoms with E-state index >= 15 is 0 Å². The second-order valence-electron chi connectivity index (χ2n) is 12.1. The summed E-state index contributed by atoms with van der Waals surface area (Å²) in [6.45, 7) is 8.65. The zero-order valence-corrected chi connectivity index (χ0v) is 28.2. The van der Waals surface area contributed by atoms with E-state index in [1.807, 2.05) is 75.3 Å². The third-order valence-corrected chi connectivity index (χ3v) is 7.99. The van der Waals surface area contributed by atoms with Crippen LogP contribution >= 0.6 is 0 Å². The van der Waals surface area contributed by atoms with E-state index in [9.17, 15) is 9.59 Å². The van der Waals surface area contributed by atoms with Gasteiger partial charge in [0, 0.05) is 73.7 Å². The van der Waals surface area contributed by atoms with Crippen molar-refractivity contribution in [3.63, 3.8) is 0 Å². The van der Waals surface area contributed by atoms with Crippen LogP contribution < -0.4 is 20.9 Å². The van der Waals surface area contributed by atoms with Gasteiger partial charge in [-0.2, -0.15) is 0 Å². The van der Waals surface area contributed by atoms with E-state index in [0.29, 0.717) is 35.0 Å². The van der Waals surface area contributed by atoms with E-state index in [-0.39, 0.29) is 11.8 Å². The maximum atomic E-state index is 13.1. The third-order valence-electron chi connectivity index (χ3n) is 7.99. The lowest BCUT2D eigenvalue weighted by Gasteiger charge is -2.34. The van der Waals surface area contributed by atoms with Gasteiger partial charge in [0.25, 0.3) is 5.91 Å². The van der Waals surface area contributed by atoms with Crippen LogP contribution in [0.4, 0.5) is 28.7 Å². The van der Waals surface area contributed by atoms with Gasteiger partial charge < -0.3 is 30.7 Å². The summed E-state index contributed by atoms with van der Waals surface area (Å²) in [5.74, 6) is 6.25. The van der Waals surface area contributed by atoms with Crippen molar-refractivity contribution in [3.8, 4) is 11.8 Å². The molecular weight excluding hydrogens is 600 g/mol. The van der Waals surface area contributed by atoms with Crippen LogP contribution in [0.25, 0.3) is 0 Å². The predicted octanol–water partition coefficient (Wildman–Crippen LogP) is 5.30. The Hall–Kier alpha value is -5.50. The van der Waals surface area contributed by atoms with Gasteiger partial charge in [-0.1, -0.05) is 36.1 Å². The molecule has 1 aliphatic heterocycles. The lowest BCUT2D eigenvalue weighted by Crippen LogP contribution is -2.44. The molecular formula is C38H42N8O2. The van der Waals surface area contributed by atoms with Crippen molar-refractivity contribution in [1.29, 1.82) is 0 Å².